The number of anilines is 1. The summed E-state index contributed by atoms with van der Waals surface area (Å²) < 4.78 is 0. The molecule has 11 heavy (non-hydrogen) atoms. The van der Waals surface area contributed by atoms with Crippen LogP contribution in [-0.2, 0) is 4.84 Å². The number of halogens is 1. The van der Waals surface area contributed by atoms with Crippen LogP contribution in [0.2, 0.25) is 5.15 Å². The molecule has 1 aromatic heterocycles. The van der Waals surface area contributed by atoms with Crippen molar-refractivity contribution < 1.29 is 4.84 Å². The van der Waals surface area contributed by atoms with Gasteiger partial charge in [-0.05, 0) is 18.6 Å². The van der Waals surface area contributed by atoms with E-state index in [0.717, 1.165) is 11.3 Å². The van der Waals surface area contributed by atoms with Gasteiger partial charge in [-0.3, -0.25) is 10.3 Å². The quantitative estimate of drug-likeness (QED) is 0.548. The molecule has 0 bridgehead atoms. The molecule has 60 valence electrons. The number of aromatic nitrogens is 1. The van der Waals surface area contributed by atoms with Crippen molar-refractivity contribution in [1.29, 1.82) is 0 Å². The number of hydrogen-bond acceptors (Lipinski definition) is 3. The van der Waals surface area contributed by atoms with E-state index < -0.39 is 0 Å². The normalized spacial score (nSPS) is 9.73. The van der Waals surface area contributed by atoms with Crippen LogP contribution < -0.4 is 5.48 Å². The van der Waals surface area contributed by atoms with Crippen molar-refractivity contribution in [2.24, 2.45) is 0 Å². The van der Waals surface area contributed by atoms with Gasteiger partial charge in [0.2, 0.25) is 0 Å². The van der Waals surface area contributed by atoms with Crippen LogP contribution in [0.3, 0.4) is 0 Å². The van der Waals surface area contributed by atoms with Crippen LogP contribution in [0.15, 0.2) is 12.3 Å². The molecule has 0 aromatic carbocycles. The molecule has 0 unspecified atom stereocenters. The lowest BCUT2D eigenvalue weighted by atomic mass is 10.3. The molecular formula is C7H9ClN2O. The third-order valence-electron chi connectivity index (χ3n) is 1.29. The third-order valence-corrected chi connectivity index (χ3v) is 1.50. The van der Waals surface area contributed by atoms with Crippen LogP contribution in [0.1, 0.15) is 5.56 Å². The van der Waals surface area contributed by atoms with Gasteiger partial charge in [0, 0.05) is 0 Å². The Hall–Kier alpha value is -0.800. The lowest BCUT2D eigenvalue weighted by molar-refractivity contribution is 0.270. The van der Waals surface area contributed by atoms with Gasteiger partial charge in [-0.1, -0.05) is 11.6 Å². The molecule has 0 spiro atoms. The van der Waals surface area contributed by atoms with Crippen molar-refractivity contribution >= 4 is 17.3 Å². The first-order valence-electron chi connectivity index (χ1n) is 3.15. The van der Waals surface area contributed by atoms with Gasteiger partial charge in [0.1, 0.15) is 5.15 Å². The second-order valence-corrected chi connectivity index (χ2v) is 2.52. The molecule has 0 amide bonds. The summed E-state index contributed by atoms with van der Waals surface area (Å²) in [4.78, 5) is 8.60. The predicted molar refractivity (Wildman–Crippen MR) is 44.6 cm³/mol. The maximum Gasteiger partial charge on any atom is 0.129 e. The minimum absolute atomic E-state index is 0.490. The van der Waals surface area contributed by atoms with E-state index in [-0.39, 0.29) is 0 Å². The largest absolute Gasteiger partial charge is 0.279 e. The summed E-state index contributed by atoms with van der Waals surface area (Å²) in [5.74, 6) is 0. The smallest absolute Gasteiger partial charge is 0.129 e. The van der Waals surface area contributed by atoms with Crippen molar-refractivity contribution in [2.45, 2.75) is 6.92 Å². The fourth-order valence-corrected chi connectivity index (χ4v) is 0.951. The molecule has 1 N–H and O–H groups in total. The van der Waals surface area contributed by atoms with Gasteiger partial charge in [-0.25, -0.2) is 4.98 Å². The maximum atomic E-state index is 5.64. The number of nitrogens with one attached hydrogen (secondary N) is 1. The van der Waals surface area contributed by atoms with Crippen molar-refractivity contribution in [3.8, 4) is 0 Å². The second-order valence-electron chi connectivity index (χ2n) is 2.13. The molecule has 0 aliphatic carbocycles. The summed E-state index contributed by atoms with van der Waals surface area (Å²) in [7, 11) is 1.55. The van der Waals surface area contributed by atoms with Gasteiger partial charge in [-0.15, -0.1) is 0 Å². The topological polar surface area (TPSA) is 34.1 Å². The van der Waals surface area contributed by atoms with E-state index in [4.69, 9.17) is 16.4 Å². The van der Waals surface area contributed by atoms with Crippen LogP contribution in [0.4, 0.5) is 5.69 Å². The van der Waals surface area contributed by atoms with E-state index in [1.54, 1.807) is 19.4 Å². The maximum absolute atomic E-state index is 5.64. The Balaban J connectivity index is 2.90. The lowest BCUT2D eigenvalue weighted by Gasteiger charge is -2.05. The highest BCUT2D eigenvalue weighted by atomic mass is 35.5. The average Bonchev–Trinajstić information content (AvgIpc) is 1.95. The molecule has 0 saturated heterocycles. The average molecular weight is 173 g/mol. The van der Waals surface area contributed by atoms with E-state index in [0.29, 0.717) is 5.15 Å². The summed E-state index contributed by atoms with van der Waals surface area (Å²) in [5, 5.41) is 0.490. The fourth-order valence-electron chi connectivity index (χ4n) is 0.739. The SMILES string of the molecule is CONc1cnc(Cl)cc1C. The first kappa shape index (κ1) is 8.30. The molecule has 1 aromatic rings. The lowest BCUT2D eigenvalue weighted by Crippen LogP contribution is -1.98. The molecule has 0 radical (unpaired) electrons. The number of pyridine rings is 1. The Morgan fingerprint density at radius 3 is 2.91 bits per heavy atom. The van der Waals surface area contributed by atoms with Gasteiger partial charge in [0.25, 0.3) is 0 Å². The Morgan fingerprint density at radius 2 is 2.36 bits per heavy atom. The predicted octanol–water partition coefficient (Wildman–Crippen LogP) is 2.02. The zero-order valence-electron chi connectivity index (χ0n) is 6.39. The van der Waals surface area contributed by atoms with E-state index in [1.807, 2.05) is 6.92 Å². The monoisotopic (exact) mass is 172 g/mol. The van der Waals surface area contributed by atoms with Gasteiger partial charge in [-0.2, -0.15) is 0 Å². The molecule has 1 rings (SSSR count). The first-order valence-corrected chi connectivity index (χ1v) is 3.53. The Morgan fingerprint density at radius 1 is 1.64 bits per heavy atom. The second kappa shape index (κ2) is 3.55. The van der Waals surface area contributed by atoms with Crippen molar-refractivity contribution in [3.05, 3.63) is 23.0 Å². The Labute approximate surface area is 70.3 Å². The van der Waals surface area contributed by atoms with Crippen LogP contribution >= 0.6 is 11.6 Å². The van der Waals surface area contributed by atoms with Crippen molar-refractivity contribution in [2.75, 3.05) is 12.6 Å². The van der Waals surface area contributed by atoms with Crippen LogP contribution in [-0.4, -0.2) is 12.1 Å². The molecular weight excluding hydrogens is 164 g/mol. The molecule has 4 heteroatoms. The number of hydrogen-bond donors (Lipinski definition) is 1. The minimum Gasteiger partial charge on any atom is -0.279 e. The van der Waals surface area contributed by atoms with E-state index >= 15 is 0 Å². The molecule has 3 nitrogen and oxygen atoms in total. The standard InChI is InChI=1S/C7H9ClN2O/c1-5-3-7(8)9-4-6(5)10-11-2/h3-4,10H,1-2H3. The Bertz CT molecular complexity index is 252. The van der Waals surface area contributed by atoms with Gasteiger partial charge >= 0.3 is 0 Å². The highest BCUT2D eigenvalue weighted by Gasteiger charge is 1.97. The molecule has 0 fully saturated rings. The number of aryl methyl sites for hydroxylation is 1. The molecule has 0 aliphatic heterocycles. The summed E-state index contributed by atoms with van der Waals surface area (Å²) in [6, 6.07) is 1.77. The van der Waals surface area contributed by atoms with Crippen LogP contribution in [0.5, 0.6) is 0 Å². The number of nitrogens with zero attached hydrogens (tertiary/aromatic N) is 1. The van der Waals surface area contributed by atoms with Crippen LogP contribution in [0.25, 0.3) is 0 Å². The zero-order valence-corrected chi connectivity index (χ0v) is 7.14. The molecule has 0 atom stereocenters. The van der Waals surface area contributed by atoms with Gasteiger partial charge < -0.3 is 0 Å². The Kier molecular flexibility index (Phi) is 2.68. The van der Waals surface area contributed by atoms with Crippen molar-refractivity contribution in [1.82, 2.24) is 4.98 Å². The molecule has 0 saturated carbocycles. The van der Waals surface area contributed by atoms with Gasteiger partial charge in [0.15, 0.2) is 0 Å². The van der Waals surface area contributed by atoms with E-state index in [9.17, 15) is 0 Å². The third kappa shape index (κ3) is 2.06. The fraction of sp³-hybridized carbons (Fsp3) is 0.286. The first-order chi connectivity index (χ1) is 5.24. The molecule has 0 aliphatic rings. The minimum atomic E-state index is 0.490. The summed E-state index contributed by atoms with van der Waals surface area (Å²) in [6.45, 7) is 1.93. The van der Waals surface area contributed by atoms with Crippen LogP contribution in [0, 0.1) is 6.92 Å². The van der Waals surface area contributed by atoms with Gasteiger partial charge in [0.05, 0.1) is 19.0 Å². The summed E-state index contributed by atoms with van der Waals surface area (Å²) in [5.41, 5.74) is 4.52. The van der Waals surface area contributed by atoms with Crippen molar-refractivity contribution in [3.63, 3.8) is 0 Å². The highest BCUT2D eigenvalue weighted by molar-refractivity contribution is 6.29. The molecule has 1 heterocycles. The zero-order chi connectivity index (χ0) is 8.27. The van der Waals surface area contributed by atoms with E-state index in [1.165, 1.54) is 0 Å². The summed E-state index contributed by atoms with van der Waals surface area (Å²) >= 11 is 5.64. The summed E-state index contributed by atoms with van der Waals surface area (Å²) in [6.07, 6.45) is 1.63. The number of rotatable bonds is 2. The van der Waals surface area contributed by atoms with E-state index in [2.05, 4.69) is 10.5 Å². The highest BCUT2D eigenvalue weighted by Crippen LogP contribution is 2.15.